The highest BCUT2D eigenvalue weighted by atomic mass is 16.3. The first-order valence-corrected chi connectivity index (χ1v) is 7.26. The lowest BCUT2D eigenvalue weighted by Gasteiger charge is -2.25. The zero-order chi connectivity index (χ0) is 14.8. The number of carbonyl (C=O) groups excluding carboxylic acids is 1. The van der Waals surface area contributed by atoms with E-state index in [9.17, 15) is 9.90 Å². The first-order valence-electron chi connectivity index (χ1n) is 7.26. The Morgan fingerprint density at radius 2 is 1.76 bits per heavy atom. The van der Waals surface area contributed by atoms with E-state index in [0.29, 0.717) is 18.5 Å². The van der Waals surface area contributed by atoms with Crippen LogP contribution in [0.1, 0.15) is 33.9 Å². The Morgan fingerprint density at radius 3 is 2.43 bits per heavy atom. The summed E-state index contributed by atoms with van der Waals surface area (Å²) in [5.74, 6) is -0.0135. The van der Waals surface area contributed by atoms with Crippen LogP contribution in [0.25, 0.3) is 0 Å². The summed E-state index contributed by atoms with van der Waals surface area (Å²) in [6, 6.07) is 17.5. The highest BCUT2D eigenvalue weighted by Gasteiger charge is 2.35. The number of nitrogens with zero attached hydrogens (tertiary/aromatic N) is 1. The van der Waals surface area contributed by atoms with Gasteiger partial charge in [-0.2, -0.15) is 0 Å². The second kappa shape index (κ2) is 5.70. The number of amides is 1. The molecule has 3 rings (SSSR count). The molecule has 0 spiro atoms. The third-order valence-corrected chi connectivity index (χ3v) is 4.02. The molecule has 1 aliphatic rings. The van der Waals surface area contributed by atoms with Crippen LogP contribution in [0.5, 0.6) is 0 Å². The van der Waals surface area contributed by atoms with E-state index >= 15 is 0 Å². The van der Waals surface area contributed by atoms with Gasteiger partial charge in [-0.25, -0.2) is 0 Å². The Hall–Kier alpha value is -2.13. The van der Waals surface area contributed by atoms with Crippen molar-refractivity contribution in [3.8, 4) is 0 Å². The number of aliphatic hydroxyl groups excluding tert-OH is 1. The van der Waals surface area contributed by atoms with E-state index in [1.807, 2.05) is 61.5 Å². The van der Waals surface area contributed by atoms with Gasteiger partial charge in [0.2, 0.25) is 0 Å². The smallest absolute Gasteiger partial charge is 0.254 e. The molecule has 1 unspecified atom stereocenters. The van der Waals surface area contributed by atoms with E-state index in [1.54, 1.807) is 4.90 Å². The second-order valence-electron chi connectivity index (χ2n) is 5.64. The lowest BCUT2D eigenvalue weighted by molar-refractivity contribution is 0.0716. The third-order valence-electron chi connectivity index (χ3n) is 4.02. The molecule has 1 fully saturated rings. The highest BCUT2D eigenvalue weighted by molar-refractivity contribution is 5.94. The number of aliphatic hydroxyl groups is 1. The van der Waals surface area contributed by atoms with Crippen LogP contribution in [0.2, 0.25) is 0 Å². The highest BCUT2D eigenvalue weighted by Crippen LogP contribution is 2.33. The summed E-state index contributed by atoms with van der Waals surface area (Å²) in [7, 11) is 0. The Labute approximate surface area is 124 Å². The molecule has 1 saturated heterocycles. The molecule has 1 heterocycles. The number of likely N-dealkylation sites (tertiary alicyclic amines) is 1. The summed E-state index contributed by atoms with van der Waals surface area (Å²) in [4.78, 5) is 14.5. The van der Waals surface area contributed by atoms with Gasteiger partial charge >= 0.3 is 0 Å². The van der Waals surface area contributed by atoms with Gasteiger partial charge in [0.25, 0.3) is 5.91 Å². The average Bonchev–Trinajstić information content (AvgIpc) is 2.90. The number of aryl methyl sites for hydroxylation is 1. The normalized spacial score (nSPS) is 21.5. The summed E-state index contributed by atoms with van der Waals surface area (Å²) in [5, 5.41) is 9.98. The average molecular weight is 281 g/mol. The van der Waals surface area contributed by atoms with Crippen LogP contribution in [0.15, 0.2) is 54.6 Å². The fourth-order valence-corrected chi connectivity index (χ4v) is 2.89. The summed E-state index contributed by atoms with van der Waals surface area (Å²) >= 11 is 0. The van der Waals surface area contributed by atoms with Crippen LogP contribution in [0.4, 0.5) is 0 Å². The number of benzene rings is 2. The Bertz CT molecular complexity index is 621. The summed E-state index contributed by atoms with van der Waals surface area (Å²) in [6.45, 7) is 2.40. The van der Waals surface area contributed by atoms with Gasteiger partial charge in [0.15, 0.2) is 0 Å². The molecule has 0 bridgehead atoms. The van der Waals surface area contributed by atoms with Gasteiger partial charge in [0.05, 0.1) is 12.1 Å². The van der Waals surface area contributed by atoms with Crippen LogP contribution >= 0.6 is 0 Å². The number of rotatable bonds is 2. The molecular formula is C18H19NO2. The molecule has 0 aromatic heterocycles. The summed E-state index contributed by atoms with van der Waals surface area (Å²) < 4.78 is 0. The molecule has 1 amide bonds. The zero-order valence-electron chi connectivity index (χ0n) is 12.1. The largest absolute Gasteiger partial charge is 0.391 e. The van der Waals surface area contributed by atoms with E-state index in [1.165, 1.54) is 0 Å². The maximum absolute atomic E-state index is 12.7. The van der Waals surface area contributed by atoms with E-state index in [4.69, 9.17) is 0 Å². The summed E-state index contributed by atoms with van der Waals surface area (Å²) in [6.07, 6.45) is 0.145. The molecule has 0 radical (unpaired) electrons. The fourth-order valence-electron chi connectivity index (χ4n) is 2.89. The minimum absolute atomic E-state index is 0.0135. The standard InChI is InChI=1S/C18H19NO2/c1-13-7-9-15(10-8-13)18(21)19-12-16(20)11-17(19)14-5-3-2-4-6-14/h2-10,16-17,20H,11-12H2,1H3/t16?,17-/m1/s1. The quantitative estimate of drug-likeness (QED) is 0.919. The van der Waals surface area contributed by atoms with E-state index < -0.39 is 6.10 Å². The van der Waals surface area contributed by atoms with Gasteiger partial charge in [-0.15, -0.1) is 0 Å². The van der Waals surface area contributed by atoms with Crippen molar-refractivity contribution in [3.63, 3.8) is 0 Å². The molecule has 0 aliphatic carbocycles. The Kier molecular flexibility index (Phi) is 3.76. The molecule has 2 aromatic rings. The van der Waals surface area contributed by atoms with Gasteiger partial charge in [-0.05, 0) is 31.0 Å². The predicted molar refractivity (Wildman–Crippen MR) is 82.0 cm³/mol. The molecule has 0 saturated carbocycles. The van der Waals surface area contributed by atoms with Gasteiger partial charge in [-0.1, -0.05) is 48.0 Å². The third kappa shape index (κ3) is 2.83. The monoisotopic (exact) mass is 281 g/mol. The molecule has 1 aliphatic heterocycles. The lowest BCUT2D eigenvalue weighted by Crippen LogP contribution is -2.31. The van der Waals surface area contributed by atoms with Crippen molar-refractivity contribution in [3.05, 3.63) is 71.3 Å². The fraction of sp³-hybridized carbons (Fsp3) is 0.278. The first-order chi connectivity index (χ1) is 10.1. The van der Waals surface area contributed by atoms with Crippen molar-refractivity contribution in [2.24, 2.45) is 0 Å². The maximum atomic E-state index is 12.7. The molecule has 3 nitrogen and oxygen atoms in total. The zero-order valence-corrected chi connectivity index (χ0v) is 12.1. The van der Waals surface area contributed by atoms with Gasteiger partial charge in [0.1, 0.15) is 0 Å². The van der Waals surface area contributed by atoms with Crippen LogP contribution in [-0.2, 0) is 0 Å². The molecule has 1 N–H and O–H groups in total. The van der Waals surface area contributed by atoms with Crippen LogP contribution in [0, 0.1) is 6.92 Å². The topological polar surface area (TPSA) is 40.5 Å². The Balaban J connectivity index is 1.88. The number of β-amino-alcohol motifs (C(OH)–C–C–N with tert-alkyl or cyclic N) is 1. The molecule has 2 aromatic carbocycles. The number of hydrogen-bond donors (Lipinski definition) is 1. The van der Waals surface area contributed by atoms with Gasteiger partial charge in [0, 0.05) is 12.1 Å². The maximum Gasteiger partial charge on any atom is 0.254 e. The van der Waals surface area contributed by atoms with Crippen molar-refractivity contribution in [2.45, 2.75) is 25.5 Å². The SMILES string of the molecule is Cc1ccc(C(=O)N2CC(O)C[C@@H]2c2ccccc2)cc1. The summed E-state index contributed by atoms with van der Waals surface area (Å²) in [5.41, 5.74) is 2.89. The number of carbonyl (C=O) groups is 1. The molecular weight excluding hydrogens is 262 g/mol. The van der Waals surface area contributed by atoms with E-state index in [2.05, 4.69) is 0 Å². The van der Waals surface area contributed by atoms with Crippen LogP contribution < -0.4 is 0 Å². The first kappa shape index (κ1) is 13.8. The van der Waals surface area contributed by atoms with Crippen molar-refractivity contribution >= 4 is 5.91 Å². The minimum atomic E-state index is -0.454. The molecule has 3 heteroatoms. The van der Waals surface area contributed by atoms with E-state index in [-0.39, 0.29) is 11.9 Å². The van der Waals surface area contributed by atoms with Crippen molar-refractivity contribution in [1.82, 2.24) is 4.90 Å². The molecule has 108 valence electrons. The number of hydrogen-bond acceptors (Lipinski definition) is 2. The predicted octanol–water partition coefficient (Wildman–Crippen LogP) is 2.94. The van der Waals surface area contributed by atoms with Gasteiger partial charge < -0.3 is 10.0 Å². The van der Waals surface area contributed by atoms with Crippen molar-refractivity contribution in [2.75, 3.05) is 6.54 Å². The van der Waals surface area contributed by atoms with Crippen LogP contribution in [0.3, 0.4) is 0 Å². The minimum Gasteiger partial charge on any atom is -0.391 e. The van der Waals surface area contributed by atoms with Gasteiger partial charge in [-0.3, -0.25) is 4.79 Å². The van der Waals surface area contributed by atoms with E-state index in [0.717, 1.165) is 11.1 Å². The van der Waals surface area contributed by atoms with Crippen molar-refractivity contribution in [1.29, 1.82) is 0 Å². The molecule has 2 atom stereocenters. The van der Waals surface area contributed by atoms with Crippen molar-refractivity contribution < 1.29 is 9.90 Å². The Morgan fingerprint density at radius 1 is 1.10 bits per heavy atom. The second-order valence-corrected chi connectivity index (χ2v) is 5.64. The van der Waals surface area contributed by atoms with Crippen LogP contribution in [-0.4, -0.2) is 28.6 Å². The molecule has 21 heavy (non-hydrogen) atoms. The lowest BCUT2D eigenvalue weighted by atomic mass is 10.0.